The first-order chi connectivity index (χ1) is 13.5. The fourth-order valence-electron chi connectivity index (χ4n) is 5.80. The number of rotatable bonds is 7. The molecule has 1 saturated carbocycles. The summed E-state index contributed by atoms with van der Waals surface area (Å²) < 4.78 is 5.73. The van der Waals surface area contributed by atoms with Crippen LogP contribution in [0.5, 0.6) is 0 Å². The van der Waals surface area contributed by atoms with E-state index in [1.54, 1.807) is 13.0 Å². The van der Waals surface area contributed by atoms with Crippen molar-refractivity contribution in [3.63, 3.8) is 0 Å². The molecular weight excluding hydrogens is 364 g/mol. The lowest BCUT2D eigenvalue weighted by atomic mass is 9.48. The van der Waals surface area contributed by atoms with Crippen LogP contribution in [0.15, 0.2) is 34.9 Å². The molecule has 2 rings (SSSR count). The van der Waals surface area contributed by atoms with Gasteiger partial charge in [-0.2, -0.15) is 0 Å². The second-order valence-corrected chi connectivity index (χ2v) is 9.72. The summed E-state index contributed by atoms with van der Waals surface area (Å²) in [7, 11) is 0. The lowest BCUT2D eigenvalue weighted by Gasteiger charge is -2.57. The molecule has 0 aromatic rings. The molecule has 0 saturated heterocycles. The molecule has 0 unspecified atom stereocenters. The van der Waals surface area contributed by atoms with Crippen LogP contribution < -0.4 is 0 Å². The summed E-state index contributed by atoms with van der Waals surface area (Å²) in [5.41, 5.74) is 3.13. The van der Waals surface area contributed by atoms with Gasteiger partial charge in [-0.25, -0.2) is 9.59 Å². The first-order valence-corrected chi connectivity index (χ1v) is 10.9. The maximum Gasteiger partial charge on any atom is 0.333 e. The lowest BCUT2D eigenvalue weighted by molar-refractivity contribution is -0.149. The fraction of sp³-hybridized carbons (Fsp3) is 0.680. The predicted octanol–water partition coefficient (Wildman–Crippen LogP) is 6.09. The molecule has 0 aromatic heterocycles. The third-order valence-corrected chi connectivity index (χ3v) is 7.61. The van der Waals surface area contributed by atoms with E-state index in [9.17, 15) is 9.59 Å². The summed E-state index contributed by atoms with van der Waals surface area (Å²) in [6.45, 7) is 12.9. The zero-order chi connectivity index (χ0) is 21.8. The second kappa shape index (κ2) is 9.32. The van der Waals surface area contributed by atoms with Crippen molar-refractivity contribution in [2.75, 3.05) is 6.61 Å². The largest absolute Gasteiger partial charge is 0.478 e. The molecule has 29 heavy (non-hydrogen) atoms. The molecule has 4 atom stereocenters. The van der Waals surface area contributed by atoms with Crippen molar-refractivity contribution in [3.8, 4) is 0 Å². The van der Waals surface area contributed by atoms with Gasteiger partial charge < -0.3 is 9.84 Å². The van der Waals surface area contributed by atoms with Crippen molar-refractivity contribution in [1.29, 1.82) is 0 Å². The van der Waals surface area contributed by atoms with Crippen LogP contribution in [-0.4, -0.2) is 23.7 Å². The molecule has 0 heterocycles. The van der Waals surface area contributed by atoms with Crippen molar-refractivity contribution in [2.24, 2.45) is 22.7 Å². The Morgan fingerprint density at radius 2 is 1.97 bits per heavy atom. The number of aliphatic carboxylic acids is 1. The van der Waals surface area contributed by atoms with E-state index in [4.69, 9.17) is 9.84 Å². The highest BCUT2D eigenvalue weighted by Gasteiger charge is 2.53. The molecule has 2 aliphatic carbocycles. The third kappa shape index (κ3) is 5.21. The molecule has 0 amide bonds. The minimum absolute atomic E-state index is 0.0297. The van der Waals surface area contributed by atoms with Gasteiger partial charge >= 0.3 is 11.9 Å². The van der Waals surface area contributed by atoms with Gasteiger partial charge in [-0.3, -0.25) is 0 Å². The Morgan fingerprint density at radius 3 is 2.59 bits per heavy atom. The molecule has 0 spiro atoms. The number of ether oxygens (including phenoxy) is 1. The minimum Gasteiger partial charge on any atom is -0.478 e. The normalized spacial score (nSPS) is 33.0. The number of esters is 1. The van der Waals surface area contributed by atoms with Crippen molar-refractivity contribution < 1.29 is 19.4 Å². The number of allylic oxidation sites excluding steroid dienone is 4. The van der Waals surface area contributed by atoms with Gasteiger partial charge in [0.15, 0.2) is 0 Å². The third-order valence-electron chi connectivity index (χ3n) is 7.61. The molecule has 1 fully saturated rings. The van der Waals surface area contributed by atoms with Crippen LogP contribution in [0, 0.1) is 22.7 Å². The monoisotopic (exact) mass is 402 g/mol. The molecule has 4 heteroatoms. The van der Waals surface area contributed by atoms with Crippen LogP contribution in [0.1, 0.15) is 80.1 Å². The summed E-state index contributed by atoms with van der Waals surface area (Å²) in [6.07, 6.45) is 11.7. The van der Waals surface area contributed by atoms with Crippen LogP contribution >= 0.6 is 0 Å². The Bertz CT molecular complexity index is 729. The van der Waals surface area contributed by atoms with Crippen LogP contribution in [0.3, 0.4) is 0 Å². The average Bonchev–Trinajstić information content (AvgIpc) is 2.64. The van der Waals surface area contributed by atoms with E-state index in [-0.39, 0.29) is 16.8 Å². The summed E-state index contributed by atoms with van der Waals surface area (Å²) in [5.74, 6) is -0.189. The molecule has 0 aromatic carbocycles. The minimum atomic E-state index is -0.869. The predicted molar refractivity (Wildman–Crippen MR) is 116 cm³/mol. The highest BCUT2D eigenvalue weighted by molar-refractivity contribution is 5.87. The van der Waals surface area contributed by atoms with Crippen molar-refractivity contribution >= 4 is 11.9 Å². The first kappa shape index (κ1) is 23.4. The molecule has 0 radical (unpaired) electrons. The van der Waals surface area contributed by atoms with Crippen molar-refractivity contribution in [3.05, 3.63) is 34.9 Å². The smallest absolute Gasteiger partial charge is 0.333 e. The number of carbonyl (C=O) groups excluding carboxylic acids is 1. The van der Waals surface area contributed by atoms with E-state index in [0.29, 0.717) is 24.0 Å². The van der Waals surface area contributed by atoms with Gasteiger partial charge in [-0.15, -0.1) is 0 Å². The highest BCUT2D eigenvalue weighted by atomic mass is 16.5. The first-order valence-electron chi connectivity index (χ1n) is 10.9. The Kier molecular flexibility index (Phi) is 7.53. The Balaban J connectivity index is 2.20. The lowest BCUT2D eigenvalue weighted by Crippen LogP contribution is -2.51. The summed E-state index contributed by atoms with van der Waals surface area (Å²) in [4.78, 5) is 23.2. The van der Waals surface area contributed by atoms with Gasteiger partial charge in [0.05, 0.1) is 6.61 Å². The topological polar surface area (TPSA) is 63.6 Å². The molecule has 1 N–H and O–H groups in total. The van der Waals surface area contributed by atoms with E-state index in [1.807, 2.05) is 13.8 Å². The average molecular weight is 403 g/mol. The fourth-order valence-corrected chi connectivity index (χ4v) is 5.80. The second-order valence-electron chi connectivity index (χ2n) is 9.72. The summed E-state index contributed by atoms with van der Waals surface area (Å²) in [6, 6.07) is 0. The molecular formula is C25H38O4. The number of hydrogen-bond donors (Lipinski definition) is 1. The van der Waals surface area contributed by atoms with Gasteiger partial charge in [0.2, 0.25) is 0 Å². The van der Waals surface area contributed by atoms with Crippen LogP contribution in [-0.2, 0) is 14.3 Å². The highest BCUT2D eigenvalue weighted by Crippen LogP contribution is 2.60. The number of carboxylic acid groups (broad SMARTS) is 1. The maximum absolute atomic E-state index is 12.2. The summed E-state index contributed by atoms with van der Waals surface area (Å²) in [5, 5.41) is 9.01. The van der Waals surface area contributed by atoms with E-state index in [0.717, 1.165) is 37.7 Å². The Labute approximate surface area is 176 Å². The number of hydrogen-bond acceptors (Lipinski definition) is 3. The quantitative estimate of drug-likeness (QED) is 0.318. The Morgan fingerprint density at radius 1 is 1.28 bits per heavy atom. The number of fused-ring (bicyclic) bond motifs is 1. The standard InChI is InChI=1S/C25H38O4/c1-7-18(3)23(28)29-16-24(5)13-8-14-25(6)20(19(4)10-12-21(24)25)11-9-17(2)15-22(26)27/h7,10,15,20-21H,8-9,11-14,16H2,1-6H3,(H,26,27)/b17-15-,18-7-/t20-,21-,24+,25+/m0/s1. The van der Waals surface area contributed by atoms with E-state index in [2.05, 4.69) is 26.8 Å². The van der Waals surface area contributed by atoms with Crippen LogP contribution in [0.2, 0.25) is 0 Å². The van der Waals surface area contributed by atoms with Gasteiger partial charge in [-0.05, 0) is 77.0 Å². The molecule has 162 valence electrons. The zero-order valence-corrected chi connectivity index (χ0v) is 19.0. The van der Waals surface area contributed by atoms with Crippen LogP contribution in [0.25, 0.3) is 0 Å². The molecule has 4 nitrogen and oxygen atoms in total. The summed E-state index contributed by atoms with van der Waals surface area (Å²) >= 11 is 0. The van der Waals surface area contributed by atoms with E-state index in [1.165, 1.54) is 18.1 Å². The molecule has 2 aliphatic rings. The van der Waals surface area contributed by atoms with E-state index < -0.39 is 5.97 Å². The SMILES string of the molecule is C/C=C(/C)C(=O)OC[C@@]1(C)CCC[C@]2(C)[C@@H](CC/C(C)=C\C(=O)O)C(C)=CC[C@@H]12. The van der Waals surface area contributed by atoms with Gasteiger partial charge in [0.25, 0.3) is 0 Å². The van der Waals surface area contributed by atoms with Gasteiger partial charge in [0.1, 0.15) is 0 Å². The maximum atomic E-state index is 12.2. The van der Waals surface area contributed by atoms with Gasteiger partial charge in [0, 0.05) is 17.1 Å². The molecule has 0 bridgehead atoms. The van der Waals surface area contributed by atoms with Crippen LogP contribution in [0.4, 0.5) is 0 Å². The molecule has 0 aliphatic heterocycles. The Hall–Kier alpha value is -1.84. The number of carbonyl (C=O) groups is 2. The van der Waals surface area contributed by atoms with E-state index >= 15 is 0 Å². The number of carboxylic acids is 1. The van der Waals surface area contributed by atoms with Crippen molar-refractivity contribution in [1.82, 2.24) is 0 Å². The zero-order valence-electron chi connectivity index (χ0n) is 19.0. The van der Waals surface area contributed by atoms with Gasteiger partial charge in [-0.1, -0.05) is 43.6 Å². The van der Waals surface area contributed by atoms with Crippen molar-refractivity contribution in [2.45, 2.75) is 80.1 Å².